The Morgan fingerprint density at radius 2 is 1.79 bits per heavy atom. The maximum Gasteiger partial charge on any atom is 0.417 e. The van der Waals surface area contributed by atoms with Crippen molar-refractivity contribution in [2.45, 2.75) is 25.7 Å². The number of aromatic nitrogens is 2. The van der Waals surface area contributed by atoms with E-state index in [9.17, 15) is 13.2 Å². The van der Waals surface area contributed by atoms with Gasteiger partial charge in [-0.3, -0.25) is 4.90 Å². The van der Waals surface area contributed by atoms with Crippen LogP contribution in [0.2, 0.25) is 0 Å². The van der Waals surface area contributed by atoms with E-state index in [0.29, 0.717) is 30.4 Å². The van der Waals surface area contributed by atoms with Crippen LogP contribution in [-0.2, 0) is 25.7 Å². The predicted molar refractivity (Wildman–Crippen MR) is 119 cm³/mol. The minimum atomic E-state index is -4.44. The maximum absolute atomic E-state index is 13.3. The first-order valence-corrected chi connectivity index (χ1v) is 10.6. The fraction of sp³-hybridized carbons (Fsp3) is 0.200. The molecule has 0 unspecified atom stereocenters. The number of halogens is 3. The molecule has 5 nitrogen and oxygen atoms in total. The number of hydrogen-bond donors (Lipinski definition) is 1. The number of alkyl halides is 3. The normalized spacial score (nSPS) is 14.3. The lowest BCUT2D eigenvalue weighted by molar-refractivity contribution is -0.137. The number of furan rings is 1. The third kappa shape index (κ3) is 4.47. The van der Waals surface area contributed by atoms with Crippen LogP contribution in [0, 0.1) is 0 Å². The number of nitrogens with zero attached hydrogens (tertiary/aromatic N) is 3. The van der Waals surface area contributed by atoms with Gasteiger partial charge in [0, 0.05) is 48.1 Å². The molecule has 2 aromatic heterocycles. The summed E-state index contributed by atoms with van der Waals surface area (Å²) in [5.74, 6) is 1.50. The molecule has 1 aliphatic heterocycles. The Labute approximate surface area is 188 Å². The molecular formula is C25H21F3N4O. The van der Waals surface area contributed by atoms with E-state index in [1.54, 1.807) is 18.2 Å². The molecule has 0 aliphatic carbocycles. The molecule has 2 N–H and O–H groups in total. The highest BCUT2D eigenvalue weighted by atomic mass is 19.4. The monoisotopic (exact) mass is 450 g/mol. The molecule has 0 fully saturated rings. The van der Waals surface area contributed by atoms with Crippen molar-refractivity contribution in [3.8, 4) is 22.7 Å². The molecule has 0 amide bonds. The molecule has 0 spiro atoms. The summed E-state index contributed by atoms with van der Waals surface area (Å²) in [6, 6.07) is 16.2. The standard InChI is InChI=1S/C25H21F3N4O/c26-25(27,28)21-4-2-1-3-20(21)23-10-9-19(33-23)15-32-12-11-22-17(14-32)13-30-24(31-22)16-5-7-18(29)8-6-16/h1-10,13H,11-12,14-15,29H2. The topological polar surface area (TPSA) is 68.2 Å². The molecule has 33 heavy (non-hydrogen) atoms. The maximum atomic E-state index is 13.3. The molecule has 0 atom stereocenters. The molecule has 0 saturated heterocycles. The van der Waals surface area contributed by atoms with Crippen molar-refractivity contribution >= 4 is 5.69 Å². The number of benzene rings is 2. The average molecular weight is 450 g/mol. The summed E-state index contributed by atoms with van der Waals surface area (Å²) in [5, 5.41) is 0. The highest BCUT2D eigenvalue weighted by Crippen LogP contribution is 2.37. The Kier molecular flexibility index (Phi) is 5.38. The van der Waals surface area contributed by atoms with Crippen LogP contribution in [0.3, 0.4) is 0 Å². The van der Waals surface area contributed by atoms with Crippen molar-refractivity contribution in [1.82, 2.24) is 14.9 Å². The third-order valence-corrected chi connectivity index (χ3v) is 5.72. The summed E-state index contributed by atoms with van der Waals surface area (Å²) in [6.07, 6.45) is -1.84. The summed E-state index contributed by atoms with van der Waals surface area (Å²) < 4.78 is 45.8. The van der Waals surface area contributed by atoms with Gasteiger partial charge in [0.2, 0.25) is 0 Å². The van der Waals surface area contributed by atoms with Gasteiger partial charge in [-0.25, -0.2) is 9.97 Å². The molecule has 2 aromatic carbocycles. The SMILES string of the molecule is Nc1ccc(-c2ncc3c(n2)CCN(Cc2ccc(-c4ccccc4C(F)(F)F)o2)C3)cc1. The third-order valence-electron chi connectivity index (χ3n) is 5.72. The van der Waals surface area contributed by atoms with Gasteiger partial charge in [-0.05, 0) is 42.5 Å². The molecule has 168 valence electrons. The van der Waals surface area contributed by atoms with Gasteiger partial charge in [0.1, 0.15) is 11.5 Å². The predicted octanol–water partition coefficient (Wildman–Crippen LogP) is 5.56. The summed E-state index contributed by atoms with van der Waals surface area (Å²) >= 11 is 0. The van der Waals surface area contributed by atoms with E-state index in [4.69, 9.17) is 15.1 Å². The molecule has 1 aliphatic rings. The lowest BCUT2D eigenvalue weighted by Crippen LogP contribution is -2.30. The first-order chi connectivity index (χ1) is 15.9. The van der Waals surface area contributed by atoms with Crippen LogP contribution in [0.1, 0.15) is 22.6 Å². The fourth-order valence-corrected chi connectivity index (χ4v) is 4.05. The highest BCUT2D eigenvalue weighted by Gasteiger charge is 2.34. The van der Waals surface area contributed by atoms with Crippen LogP contribution in [0.4, 0.5) is 18.9 Å². The van der Waals surface area contributed by atoms with Crippen molar-refractivity contribution in [3.05, 3.63) is 89.4 Å². The van der Waals surface area contributed by atoms with Gasteiger partial charge in [0.25, 0.3) is 0 Å². The van der Waals surface area contributed by atoms with Crippen molar-refractivity contribution < 1.29 is 17.6 Å². The summed E-state index contributed by atoms with van der Waals surface area (Å²) in [7, 11) is 0. The second kappa shape index (κ2) is 8.37. The molecule has 3 heterocycles. The Balaban J connectivity index is 1.30. The van der Waals surface area contributed by atoms with E-state index >= 15 is 0 Å². The Morgan fingerprint density at radius 3 is 2.58 bits per heavy atom. The minimum Gasteiger partial charge on any atom is -0.460 e. The van der Waals surface area contributed by atoms with Crippen molar-refractivity contribution in [2.24, 2.45) is 0 Å². The largest absolute Gasteiger partial charge is 0.460 e. The van der Waals surface area contributed by atoms with E-state index in [1.165, 1.54) is 12.1 Å². The number of fused-ring (bicyclic) bond motifs is 1. The molecule has 8 heteroatoms. The number of anilines is 1. The van der Waals surface area contributed by atoms with Gasteiger partial charge in [0.15, 0.2) is 5.82 Å². The van der Waals surface area contributed by atoms with Crippen molar-refractivity contribution in [2.75, 3.05) is 12.3 Å². The zero-order chi connectivity index (χ0) is 23.0. The van der Waals surface area contributed by atoms with Gasteiger partial charge in [-0.15, -0.1) is 0 Å². The van der Waals surface area contributed by atoms with Gasteiger partial charge in [-0.2, -0.15) is 13.2 Å². The Hall–Kier alpha value is -3.65. The lowest BCUT2D eigenvalue weighted by atomic mass is 10.1. The Morgan fingerprint density at radius 1 is 1.00 bits per heavy atom. The smallest absolute Gasteiger partial charge is 0.417 e. The zero-order valence-electron chi connectivity index (χ0n) is 17.6. The first-order valence-electron chi connectivity index (χ1n) is 10.6. The van der Waals surface area contributed by atoms with E-state index in [-0.39, 0.29) is 11.3 Å². The van der Waals surface area contributed by atoms with Crippen LogP contribution in [-0.4, -0.2) is 21.4 Å². The number of nitrogens with two attached hydrogens (primary N) is 1. The number of nitrogen functional groups attached to an aromatic ring is 1. The van der Waals surface area contributed by atoms with E-state index in [1.807, 2.05) is 30.5 Å². The van der Waals surface area contributed by atoms with E-state index in [0.717, 1.165) is 35.9 Å². The molecule has 5 rings (SSSR count). The number of hydrogen-bond acceptors (Lipinski definition) is 5. The lowest BCUT2D eigenvalue weighted by Gasteiger charge is -2.27. The zero-order valence-corrected chi connectivity index (χ0v) is 17.6. The van der Waals surface area contributed by atoms with Crippen LogP contribution in [0.25, 0.3) is 22.7 Å². The molecule has 0 saturated carbocycles. The first kappa shape index (κ1) is 21.2. The van der Waals surface area contributed by atoms with Gasteiger partial charge < -0.3 is 10.2 Å². The number of rotatable bonds is 4. The molecule has 4 aromatic rings. The summed E-state index contributed by atoms with van der Waals surface area (Å²) in [5.41, 5.74) is 8.74. The van der Waals surface area contributed by atoms with Gasteiger partial charge in [0.05, 0.1) is 17.8 Å². The van der Waals surface area contributed by atoms with Crippen LogP contribution < -0.4 is 5.73 Å². The highest BCUT2D eigenvalue weighted by molar-refractivity contribution is 5.63. The van der Waals surface area contributed by atoms with Crippen LogP contribution >= 0.6 is 0 Å². The summed E-state index contributed by atoms with van der Waals surface area (Å²) in [6.45, 7) is 1.90. The molecular weight excluding hydrogens is 429 g/mol. The second-order valence-corrected chi connectivity index (χ2v) is 8.06. The van der Waals surface area contributed by atoms with Crippen molar-refractivity contribution in [3.63, 3.8) is 0 Å². The quantitative estimate of drug-likeness (QED) is 0.412. The van der Waals surface area contributed by atoms with E-state index < -0.39 is 11.7 Å². The van der Waals surface area contributed by atoms with Gasteiger partial charge in [-0.1, -0.05) is 18.2 Å². The van der Waals surface area contributed by atoms with Crippen LogP contribution in [0.15, 0.2) is 71.3 Å². The van der Waals surface area contributed by atoms with Crippen LogP contribution in [0.5, 0.6) is 0 Å². The van der Waals surface area contributed by atoms with Crippen molar-refractivity contribution in [1.29, 1.82) is 0 Å². The van der Waals surface area contributed by atoms with E-state index in [2.05, 4.69) is 9.88 Å². The minimum absolute atomic E-state index is 0.0452. The second-order valence-electron chi connectivity index (χ2n) is 8.06. The summed E-state index contributed by atoms with van der Waals surface area (Å²) in [4.78, 5) is 11.4. The van der Waals surface area contributed by atoms with Gasteiger partial charge >= 0.3 is 6.18 Å². The molecule has 0 radical (unpaired) electrons. The fourth-order valence-electron chi connectivity index (χ4n) is 4.05. The Bertz CT molecular complexity index is 1280. The average Bonchev–Trinajstić information content (AvgIpc) is 3.27. The molecule has 0 bridgehead atoms.